The summed E-state index contributed by atoms with van der Waals surface area (Å²) >= 11 is 6.82. The Bertz CT molecular complexity index is 1200. The molecule has 0 aromatic rings. The topological polar surface area (TPSA) is 164 Å². The minimum atomic E-state index is -2.26. The van der Waals surface area contributed by atoms with Crippen LogP contribution in [0.4, 0.5) is 0 Å². The lowest BCUT2D eigenvalue weighted by atomic mass is 9.51. The Hall–Kier alpha value is -2.70. The molecule has 2 saturated carbocycles. The monoisotopic (exact) mass is 628 g/mol. The van der Waals surface area contributed by atoms with Gasteiger partial charge < -0.3 is 33.5 Å². The highest BCUT2D eigenvalue weighted by Crippen LogP contribution is 2.63. The van der Waals surface area contributed by atoms with Crippen LogP contribution in [-0.4, -0.2) is 88.7 Å². The number of esters is 5. The third kappa shape index (κ3) is 5.55. The van der Waals surface area contributed by atoms with Crippen molar-refractivity contribution in [1.29, 1.82) is 0 Å². The molecule has 13 heteroatoms. The third-order valence-corrected chi connectivity index (χ3v) is 10.1. The molecule has 4 fully saturated rings. The van der Waals surface area contributed by atoms with Crippen molar-refractivity contribution in [3.8, 4) is 0 Å². The number of alkyl halides is 1. The van der Waals surface area contributed by atoms with Gasteiger partial charge in [-0.3, -0.25) is 24.0 Å². The van der Waals surface area contributed by atoms with E-state index in [0.717, 1.165) is 6.92 Å². The van der Waals surface area contributed by atoms with Crippen LogP contribution in [-0.2, 0) is 52.4 Å². The molecule has 43 heavy (non-hydrogen) atoms. The molecule has 0 unspecified atom stereocenters. The standard InChI is InChI=1S/C30H41ClO12/c1-13(2)26(35)42-21-11-20(40-17(6)33)28(8)19(39-16(5)32)10-9-14(3)22(31)24-30(37,15(4)27(36)43-24)25(41-18(7)34)23(28)29(21)12-38-29/h13,15,19-25,37H,3,9-12H2,1-2,4-8H3/t15-,19+,20-,21+,22-,23+,24-,25+,28-,29+,30-/m0/s1. The predicted molar refractivity (Wildman–Crippen MR) is 148 cm³/mol. The van der Waals surface area contributed by atoms with Gasteiger partial charge in [0.15, 0.2) is 11.7 Å². The summed E-state index contributed by atoms with van der Waals surface area (Å²) in [7, 11) is 0. The average molecular weight is 629 g/mol. The molecule has 0 amide bonds. The second kappa shape index (κ2) is 11.7. The van der Waals surface area contributed by atoms with E-state index in [0.29, 0.717) is 5.57 Å². The van der Waals surface area contributed by atoms with E-state index in [4.69, 9.17) is 40.0 Å². The molecular weight excluding hydrogens is 588 g/mol. The van der Waals surface area contributed by atoms with Gasteiger partial charge in [-0.05, 0) is 19.8 Å². The van der Waals surface area contributed by atoms with Crippen molar-refractivity contribution < 1.29 is 57.5 Å². The lowest BCUT2D eigenvalue weighted by Crippen LogP contribution is -2.72. The summed E-state index contributed by atoms with van der Waals surface area (Å²) in [6.07, 6.45) is -5.86. The Morgan fingerprint density at radius 3 is 2.07 bits per heavy atom. The van der Waals surface area contributed by atoms with E-state index in [2.05, 4.69) is 6.58 Å². The van der Waals surface area contributed by atoms with E-state index >= 15 is 0 Å². The van der Waals surface area contributed by atoms with Crippen LogP contribution in [0.25, 0.3) is 0 Å². The number of rotatable bonds is 5. The Labute approximate surface area is 255 Å². The molecule has 12 nitrogen and oxygen atoms in total. The van der Waals surface area contributed by atoms with Crippen molar-refractivity contribution in [1.82, 2.24) is 0 Å². The fourth-order valence-electron chi connectivity index (χ4n) is 7.25. The summed E-state index contributed by atoms with van der Waals surface area (Å²) in [6.45, 7) is 14.1. The van der Waals surface area contributed by atoms with Crippen LogP contribution in [0.15, 0.2) is 12.2 Å². The number of ether oxygens (including phenoxy) is 6. The molecule has 2 aliphatic heterocycles. The maximum absolute atomic E-state index is 13.1. The molecule has 4 rings (SSSR count). The van der Waals surface area contributed by atoms with Gasteiger partial charge in [0.2, 0.25) is 0 Å². The maximum Gasteiger partial charge on any atom is 0.312 e. The van der Waals surface area contributed by atoms with Crippen LogP contribution < -0.4 is 0 Å². The van der Waals surface area contributed by atoms with Gasteiger partial charge in [0, 0.05) is 33.1 Å². The molecule has 240 valence electrons. The highest BCUT2D eigenvalue weighted by atomic mass is 35.5. The van der Waals surface area contributed by atoms with Crippen molar-refractivity contribution in [3.05, 3.63) is 12.2 Å². The van der Waals surface area contributed by atoms with E-state index in [1.54, 1.807) is 20.8 Å². The first kappa shape index (κ1) is 33.2. The molecule has 1 spiro atoms. The van der Waals surface area contributed by atoms with Crippen molar-refractivity contribution in [2.75, 3.05) is 6.61 Å². The lowest BCUT2D eigenvalue weighted by Gasteiger charge is -2.58. The number of hydrogen-bond acceptors (Lipinski definition) is 12. The summed E-state index contributed by atoms with van der Waals surface area (Å²) in [5.41, 5.74) is -4.70. The Morgan fingerprint density at radius 1 is 1.00 bits per heavy atom. The first-order valence-corrected chi connectivity index (χ1v) is 15.0. The van der Waals surface area contributed by atoms with Gasteiger partial charge in [-0.2, -0.15) is 0 Å². The van der Waals surface area contributed by atoms with Crippen LogP contribution >= 0.6 is 11.6 Å². The van der Waals surface area contributed by atoms with Crippen molar-refractivity contribution in [2.24, 2.45) is 23.2 Å². The Kier molecular flexibility index (Phi) is 9.01. The largest absolute Gasteiger partial charge is 0.462 e. The first-order chi connectivity index (χ1) is 19.9. The zero-order valence-corrected chi connectivity index (χ0v) is 26.3. The lowest BCUT2D eigenvalue weighted by molar-refractivity contribution is -0.260. The number of aliphatic hydroxyl groups is 1. The summed E-state index contributed by atoms with van der Waals surface area (Å²) in [4.78, 5) is 63.9. The second-order valence-corrected chi connectivity index (χ2v) is 13.2. The molecule has 2 heterocycles. The van der Waals surface area contributed by atoms with E-state index < -0.39 is 100 Å². The van der Waals surface area contributed by atoms with Gasteiger partial charge in [0.25, 0.3) is 0 Å². The molecule has 4 aliphatic rings. The summed E-state index contributed by atoms with van der Waals surface area (Å²) in [5.74, 6) is -6.38. The number of carbonyl (C=O) groups excluding carboxylic acids is 5. The molecule has 2 aliphatic carbocycles. The minimum Gasteiger partial charge on any atom is -0.462 e. The smallest absolute Gasteiger partial charge is 0.312 e. The zero-order chi connectivity index (χ0) is 32.2. The van der Waals surface area contributed by atoms with Crippen LogP contribution in [0, 0.1) is 23.2 Å². The zero-order valence-electron chi connectivity index (χ0n) is 25.5. The van der Waals surface area contributed by atoms with Gasteiger partial charge in [-0.15, -0.1) is 11.6 Å². The molecule has 11 atom stereocenters. The quantitative estimate of drug-likeness (QED) is 0.156. The van der Waals surface area contributed by atoms with Gasteiger partial charge >= 0.3 is 29.8 Å². The van der Waals surface area contributed by atoms with Gasteiger partial charge in [0.05, 0.1) is 29.2 Å². The van der Waals surface area contributed by atoms with Crippen molar-refractivity contribution >= 4 is 41.4 Å². The highest BCUT2D eigenvalue weighted by molar-refractivity contribution is 6.23. The predicted octanol–water partition coefficient (Wildman–Crippen LogP) is 2.39. The average Bonchev–Trinajstić information content (AvgIpc) is 3.65. The molecular formula is C30H41ClO12. The Balaban J connectivity index is 2.05. The van der Waals surface area contributed by atoms with E-state index in [-0.39, 0.29) is 25.9 Å². The van der Waals surface area contributed by atoms with Gasteiger partial charge in [0.1, 0.15) is 30.0 Å². The van der Waals surface area contributed by atoms with Gasteiger partial charge in [-0.1, -0.05) is 32.9 Å². The van der Waals surface area contributed by atoms with Gasteiger partial charge in [-0.25, -0.2) is 0 Å². The maximum atomic E-state index is 13.1. The van der Waals surface area contributed by atoms with Crippen LogP contribution in [0.3, 0.4) is 0 Å². The minimum absolute atomic E-state index is 0.00158. The fourth-order valence-corrected chi connectivity index (χ4v) is 7.61. The fraction of sp³-hybridized carbons (Fsp3) is 0.767. The number of hydrogen-bond donors (Lipinski definition) is 1. The van der Waals surface area contributed by atoms with Crippen LogP contribution in [0.2, 0.25) is 0 Å². The second-order valence-electron chi connectivity index (χ2n) is 12.7. The van der Waals surface area contributed by atoms with Crippen LogP contribution in [0.5, 0.6) is 0 Å². The normalized spacial score (nSPS) is 42.3. The Morgan fingerprint density at radius 2 is 1.56 bits per heavy atom. The molecule has 0 bridgehead atoms. The first-order valence-electron chi connectivity index (χ1n) is 14.5. The van der Waals surface area contributed by atoms with E-state index in [9.17, 15) is 29.1 Å². The summed E-state index contributed by atoms with van der Waals surface area (Å²) < 4.78 is 35.5. The molecule has 0 radical (unpaired) electrons. The van der Waals surface area contributed by atoms with E-state index in [1.165, 1.54) is 20.8 Å². The molecule has 1 N–H and O–H groups in total. The summed E-state index contributed by atoms with van der Waals surface area (Å²) in [5, 5.41) is 11.5. The molecule has 2 saturated heterocycles. The number of fused-ring (bicyclic) bond motifs is 3. The number of halogens is 1. The number of carbonyl (C=O) groups is 5. The van der Waals surface area contributed by atoms with E-state index in [1.807, 2.05) is 0 Å². The van der Waals surface area contributed by atoms with Crippen molar-refractivity contribution in [3.63, 3.8) is 0 Å². The summed E-state index contributed by atoms with van der Waals surface area (Å²) in [6, 6.07) is 0. The molecule has 0 aromatic heterocycles. The SMILES string of the molecule is C=C1CC[C@@H](OC(C)=O)[C@@]2(C)[C@@H](OC(C)=O)C[C@@H](OC(=O)C(C)C)[C@]3(CO3)[C@@H]2[C@@H](OC(C)=O)[C@]2(O)[C@@H](C)C(=O)O[C@H]2[C@H]1Cl. The van der Waals surface area contributed by atoms with Crippen molar-refractivity contribution in [2.45, 2.75) is 115 Å². The molecule has 0 aromatic carbocycles. The third-order valence-electron chi connectivity index (χ3n) is 9.56. The highest BCUT2D eigenvalue weighted by Gasteiger charge is 2.78. The van der Waals surface area contributed by atoms with Crippen LogP contribution in [0.1, 0.15) is 67.7 Å². The number of epoxide rings is 1.